The molecule has 1 aliphatic heterocycles. The van der Waals surface area contributed by atoms with Crippen LogP contribution in [0.3, 0.4) is 0 Å². The number of anilines is 1. The molecule has 30 heavy (non-hydrogen) atoms. The van der Waals surface area contributed by atoms with Gasteiger partial charge in [-0.1, -0.05) is 27.4 Å². The van der Waals surface area contributed by atoms with E-state index in [1.54, 1.807) is 28.3 Å². The Balaban J connectivity index is 2.32. The first-order valence-corrected chi connectivity index (χ1v) is 10.6. The van der Waals surface area contributed by atoms with Crippen molar-refractivity contribution in [3.8, 4) is 0 Å². The number of nitrogens with zero attached hydrogens (tertiary/aromatic N) is 3. The Kier molecular flexibility index (Phi) is 8.39. The molecule has 1 aromatic carbocycles. The molecule has 1 unspecified atom stereocenters. The predicted molar refractivity (Wildman–Crippen MR) is 124 cm³/mol. The van der Waals surface area contributed by atoms with E-state index in [4.69, 9.17) is 0 Å². The number of hydrogen-bond donors (Lipinski definition) is 1. The molecule has 162 valence electrons. The monoisotopic (exact) mass is 412 g/mol. The van der Waals surface area contributed by atoms with E-state index in [0.29, 0.717) is 24.3 Å². The van der Waals surface area contributed by atoms with Crippen molar-refractivity contribution in [1.29, 1.82) is 0 Å². The van der Waals surface area contributed by atoms with Crippen LogP contribution in [0.2, 0.25) is 0 Å². The summed E-state index contributed by atoms with van der Waals surface area (Å²) in [6.45, 7) is 15.4. The molecule has 1 atom stereocenters. The summed E-state index contributed by atoms with van der Waals surface area (Å²) in [6.07, 6.45) is 7.17. The van der Waals surface area contributed by atoms with Crippen molar-refractivity contribution in [2.24, 2.45) is 11.0 Å². The van der Waals surface area contributed by atoms with Gasteiger partial charge in [0.15, 0.2) is 0 Å². The van der Waals surface area contributed by atoms with Crippen molar-refractivity contribution < 1.29 is 9.18 Å². The fraction of sp³-hybridized carbons (Fsp3) is 0.417. The molecule has 1 N–H and O–H groups in total. The first-order chi connectivity index (χ1) is 14.3. The molecule has 2 rings (SSSR count). The molecule has 0 saturated carbocycles. The maximum Gasteiger partial charge on any atom is 0.321 e. The van der Waals surface area contributed by atoms with Crippen LogP contribution >= 0.6 is 0 Å². The number of hydrogen-bond acceptors (Lipinski definition) is 3. The van der Waals surface area contributed by atoms with Crippen LogP contribution in [0.15, 0.2) is 53.4 Å². The van der Waals surface area contributed by atoms with Crippen LogP contribution in [0.25, 0.3) is 5.57 Å². The summed E-state index contributed by atoms with van der Waals surface area (Å²) in [7, 11) is 0. The third kappa shape index (κ3) is 5.59. The van der Waals surface area contributed by atoms with Gasteiger partial charge >= 0.3 is 6.03 Å². The largest absolute Gasteiger partial charge is 0.325 e. The number of allylic oxidation sites excluding steroid dienone is 3. The smallest absolute Gasteiger partial charge is 0.321 e. The molecule has 5 nitrogen and oxygen atoms in total. The number of carbonyl (C=O) groups excluding carboxylic acids is 1. The summed E-state index contributed by atoms with van der Waals surface area (Å²) < 4.78 is 15.1. The van der Waals surface area contributed by atoms with Gasteiger partial charge in [0, 0.05) is 36.8 Å². The molecule has 0 aromatic heterocycles. The van der Waals surface area contributed by atoms with E-state index in [9.17, 15) is 4.79 Å². The van der Waals surface area contributed by atoms with Gasteiger partial charge in [-0.15, -0.1) is 0 Å². The third-order valence-electron chi connectivity index (χ3n) is 5.35. The van der Waals surface area contributed by atoms with Gasteiger partial charge in [0.25, 0.3) is 0 Å². The normalized spacial score (nSPS) is 15.1. The highest BCUT2D eigenvalue weighted by Crippen LogP contribution is 2.31. The van der Waals surface area contributed by atoms with Gasteiger partial charge in [-0.05, 0) is 68.0 Å². The first kappa shape index (κ1) is 23.4. The Labute approximate surface area is 179 Å². The Hall–Kier alpha value is -2.89. The van der Waals surface area contributed by atoms with E-state index in [0.717, 1.165) is 29.7 Å². The summed E-state index contributed by atoms with van der Waals surface area (Å²) in [5.41, 5.74) is 3.55. The summed E-state index contributed by atoms with van der Waals surface area (Å²) in [6, 6.07) is 4.62. The van der Waals surface area contributed by atoms with Crippen LogP contribution in [-0.4, -0.2) is 35.2 Å². The average Bonchev–Trinajstić information content (AvgIpc) is 2.73. The maximum absolute atomic E-state index is 15.1. The minimum absolute atomic E-state index is 0.120. The fourth-order valence-electron chi connectivity index (χ4n) is 3.19. The van der Waals surface area contributed by atoms with Gasteiger partial charge in [0.05, 0.1) is 5.70 Å². The van der Waals surface area contributed by atoms with Gasteiger partial charge in [0.2, 0.25) is 0 Å². The van der Waals surface area contributed by atoms with Gasteiger partial charge in [-0.3, -0.25) is 0 Å². The summed E-state index contributed by atoms with van der Waals surface area (Å²) in [5, 5.41) is 8.83. The molecule has 0 fully saturated rings. The number of nitrogens with one attached hydrogen (secondary N) is 1. The van der Waals surface area contributed by atoms with Crippen LogP contribution in [0.1, 0.15) is 53.0 Å². The van der Waals surface area contributed by atoms with Crippen molar-refractivity contribution in [2.45, 2.75) is 47.5 Å². The van der Waals surface area contributed by atoms with Crippen molar-refractivity contribution in [1.82, 2.24) is 9.91 Å². The van der Waals surface area contributed by atoms with Gasteiger partial charge < -0.3 is 10.2 Å². The lowest BCUT2D eigenvalue weighted by atomic mass is 9.92. The number of carbonyl (C=O) groups is 1. The lowest BCUT2D eigenvalue weighted by Gasteiger charge is -2.24. The first-order valence-electron chi connectivity index (χ1n) is 10.6. The number of amides is 2. The molecule has 0 radical (unpaired) electrons. The van der Waals surface area contributed by atoms with Gasteiger partial charge in [-0.25, -0.2) is 14.2 Å². The standard InChI is InChI=1S/C24H33FN4O/c1-7-14-28(9-3)24(30)27-20-10-11-21(23(25)15-20)22(17(4)8-2)16-29-19(6)18(5)12-13-26-29/h10-13,15-17H,6-9,14H2,1-5H3,(H,27,30)/b22-16+. The molecular formula is C24H33FN4O. The topological polar surface area (TPSA) is 47.9 Å². The van der Waals surface area contributed by atoms with Crippen molar-refractivity contribution in [3.63, 3.8) is 0 Å². The van der Waals surface area contributed by atoms with Crippen molar-refractivity contribution in [3.05, 3.63) is 59.7 Å². The predicted octanol–water partition coefficient (Wildman–Crippen LogP) is 6.24. The zero-order chi connectivity index (χ0) is 22.3. The zero-order valence-corrected chi connectivity index (χ0v) is 18.7. The van der Waals surface area contributed by atoms with Crippen LogP contribution in [-0.2, 0) is 0 Å². The van der Waals surface area contributed by atoms with E-state index in [1.165, 1.54) is 6.07 Å². The average molecular weight is 413 g/mol. The van der Waals surface area contributed by atoms with Crippen LogP contribution in [0.5, 0.6) is 0 Å². The summed E-state index contributed by atoms with van der Waals surface area (Å²) >= 11 is 0. The van der Waals surface area contributed by atoms with E-state index in [1.807, 2.05) is 33.0 Å². The number of urea groups is 1. The molecule has 0 saturated heterocycles. The number of rotatable bonds is 8. The van der Waals surface area contributed by atoms with Crippen molar-refractivity contribution in [2.75, 3.05) is 18.4 Å². The van der Waals surface area contributed by atoms with Crippen molar-refractivity contribution >= 4 is 23.5 Å². The molecule has 1 aromatic rings. The molecule has 0 bridgehead atoms. The lowest BCUT2D eigenvalue weighted by molar-refractivity contribution is 0.214. The zero-order valence-electron chi connectivity index (χ0n) is 18.7. The SMILES string of the molecule is C=C1C(C)=CC=NN1/C=C(/c1ccc(NC(=O)N(CC)CCC)cc1F)C(C)CC. The minimum atomic E-state index is -0.378. The summed E-state index contributed by atoms with van der Waals surface area (Å²) in [4.78, 5) is 14.1. The highest BCUT2D eigenvalue weighted by molar-refractivity contribution is 5.89. The Morgan fingerprint density at radius 1 is 1.37 bits per heavy atom. The second-order valence-corrected chi connectivity index (χ2v) is 7.50. The Morgan fingerprint density at radius 2 is 2.10 bits per heavy atom. The molecule has 1 heterocycles. The lowest BCUT2D eigenvalue weighted by Crippen LogP contribution is -2.35. The van der Waals surface area contributed by atoms with E-state index >= 15 is 4.39 Å². The highest BCUT2D eigenvalue weighted by Gasteiger charge is 2.19. The van der Waals surface area contributed by atoms with Crippen LogP contribution in [0.4, 0.5) is 14.9 Å². The second-order valence-electron chi connectivity index (χ2n) is 7.50. The quantitative estimate of drug-likeness (QED) is 0.549. The maximum atomic E-state index is 15.1. The second kappa shape index (κ2) is 10.8. The van der Waals surface area contributed by atoms with E-state index in [2.05, 4.69) is 30.8 Å². The molecule has 2 amide bonds. The van der Waals surface area contributed by atoms with Crippen LogP contribution < -0.4 is 5.32 Å². The summed E-state index contributed by atoms with van der Waals surface area (Å²) in [5.74, 6) is -0.258. The fourth-order valence-corrected chi connectivity index (χ4v) is 3.19. The number of halogens is 1. The highest BCUT2D eigenvalue weighted by atomic mass is 19.1. The van der Waals surface area contributed by atoms with Gasteiger partial charge in [0.1, 0.15) is 5.82 Å². The third-order valence-corrected chi connectivity index (χ3v) is 5.35. The number of benzene rings is 1. The Bertz CT molecular complexity index is 872. The molecular weight excluding hydrogens is 379 g/mol. The van der Waals surface area contributed by atoms with E-state index < -0.39 is 0 Å². The van der Waals surface area contributed by atoms with Crippen LogP contribution in [0, 0.1) is 11.7 Å². The molecule has 0 spiro atoms. The number of hydrazone groups is 1. The molecule has 0 aliphatic carbocycles. The van der Waals surface area contributed by atoms with E-state index in [-0.39, 0.29) is 17.8 Å². The Morgan fingerprint density at radius 3 is 2.70 bits per heavy atom. The molecule has 6 heteroatoms. The molecule has 1 aliphatic rings. The minimum Gasteiger partial charge on any atom is -0.325 e. The van der Waals surface area contributed by atoms with Gasteiger partial charge in [-0.2, -0.15) is 5.10 Å².